The van der Waals surface area contributed by atoms with E-state index in [1.165, 1.54) is 0 Å². The summed E-state index contributed by atoms with van der Waals surface area (Å²) < 4.78 is 11.9. The molecule has 10 heavy (non-hydrogen) atoms. The lowest BCUT2D eigenvalue weighted by molar-refractivity contribution is 0.451. The lowest BCUT2D eigenvalue weighted by atomic mass is 10.1. The Morgan fingerprint density at radius 2 is 2.30 bits per heavy atom. The summed E-state index contributed by atoms with van der Waals surface area (Å²) in [6.07, 6.45) is 2.56. The Bertz CT molecular complexity index is 112. The van der Waals surface area contributed by atoms with Gasteiger partial charge in [0.2, 0.25) is 0 Å². The molecular weight excluding hydrogens is 131 g/mol. The van der Waals surface area contributed by atoms with Crippen LogP contribution in [-0.2, 0) is 0 Å². The van der Waals surface area contributed by atoms with E-state index >= 15 is 0 Å². The number of nitrogens with two attached hydrogens (primary N) is 2. The number of rotatable bonds is 4. The Morgan fingerprint density at radius 3 is 2.60 bits per heavy atom. The molecule has 1 unspecified atom stereocenters. The molecule has 0 spiro atoms. The van der Waals surface area contributed by atoms with Crippen molar-refractivity contribution < 1.29 is 4.39 Å². The van der Waals surface area contributed by atoms with Crippen molar-refractivity contribution >= 4 is 0 Å². The normalized spacial score (nSPS) is 15.4. The van der Waals surface area contributed by atoms with Crippen molar-refractivity contribution in [2.45, 2.75) is 19.4 Å². The van der Waals surface area contributed by atoms with E-state index in [2.05, 4.69) is 0 Å². The van der Waals surface area contributed by atoms with E-state index in [9.17, 15) is 4.39 Å². The molecule has 0 aromatic heterocycles. The zero-order chi connectivity index (χ0) is 7.98. The fourth-order valence-corrected chi connectivity index (χ4v) is 0.808. The predicted molar refractivity (Wildman–Crippen MR) is 41.4 cm³/mol. The maximum atomic E-state index is 11.9. The van der Waals surface area contributed by atoms with Gasteiger partial charge in [0.15, 0.2) is 0 Å². The minimum absolute atomic E-state index is 0.441. The Kier molecular flexibility index (Phi) is 5.16. The zero-order valence-corrected chi connectivity index (χ0v) is 6.31. The number of hydrogen-bond donors (Lipinski definition) is 2. The molecule has 0 aliphatic heterocycles. The highest BCUT2D eigenvalue weighted by atomic mass is 19.1. The van der Waals surface area contributed by atoms with E-state index in [-0.39, 0.29) is 0 Å². The summed E-state index contributed by atoms with van der Waals surface area (Å²) in [6.45, 7) is 1.88. The van der Waals surface area contributed by atoms with Gasteiger partial charge in [-0.15, -0.1) is 0 Å². The molecule has 60 valence electrons. The summed E-state index contributed by atoms with van der Waals surface area (Å²) >= 11 is 0. The second-order valence-electron chi connectivity index (χ2n) is 2.13. The van der Waals surface area contributed by atoms with E-state index in [4.69, 9.17) is 11.5 Å². The Hall–Kier alpha value is -0.410. The molecule has 4 N–H and O–H groups in total. The molecule has 0 aliphatic rings. The maximum absolute atomic E-state index is 11.9. The molecule has 0 saturated carbocycles. The van der Waals surface area contributed by atoms with Gasteiger partial charge in [-0.2, -0.15) is 0 Å². The van der Waals surface area contributed by atoms with Crippen LogP contribution in [-0.4, -0.2) is 19.3 Å². The predicted octanol–water partition coefficient (Wildman–Crippen LogP) is 0.578. The van der Waals surface area contributed by atoms with Crippen molar-refractivity contribution in [3.63, 3.8) is 0 Å². The smallest absolute Gasteiger partial charge is 0.108 e. The second-order valence-corrected chi connectivity index (χ2v) is 2.13. The van der Waals surface area contributed by atoms with Gasteiger partial charge in [-0.05, 0) is 6.42 Å². The minimum Gasteiger partial charge on any atom is -0.327 e. The highest BCUT2D eigenvalue weighted by Gasteiger charge is 2.04. The fraction of sp³-hybridized carbons (Fsp3) is 0.714. The lowest BCUT2D eigenvalue weighted by Crippen LogP contribution is -2.25. The van der Waals surface area contributed by atoms with Crippen LogP contribution in [0.1, 0.15) is 13.3 Å². The highest BCUT2D eigenvalue weighted by molar-refractivity contribution is 5.09. The third kappa shape index (κ3) is 2.94. The molecule has 0 rings (SSSR count). The summed E-state index contributed by atoms with van der Waals surface area (Å²) in [7, 11) is 0. The highest BCUT2D eigenvalue weighted by Crippen LogP contribution is 2.04. The molecular formula is C7H15FN2. The molecule has 0 bridgehead atoms. The number of halogens is 1. The lowest BCUT2D eigenvalue weighted by Gasteiger charge is -2.09. The third-order valence-corrected chi connectivity index (χ3v) is 1.43. The topological polar surface area (TPSA) is 52.0 Å². The first-order chi connectivity index (χ1) is 4.76. The number of alkyl halides is 1. The summed E-state index contributed by atoms with van der Waals surface area (Å²) in [5.41, 5.74) is 11.6. The Morgan fingerprint density at radius 1 is 1.70 bits per heavy atom. The number of hydrogen-bond acceptors (Lipinski definition) is 2. The SMILES string of the molecule is CC/C(=C\CN)C(N)CF. The van der Waals surface area contributed by atoms with Crippen LogP contribution in [0.15, 0.2) is 11.6 Å². The van der Waals surface area contributed by atoms with Crippen molar-refractivity contribution in [3.05, 3.63) is 11.6 Å². The molecule has 0 aromatic rings. The van der Waals surface area contributed by atoms with Crippen LogP contribution in [0.5, 0.6) is 0 Å². The van der Waals surface area contributed by atoms with Gasteiger partial charge in [0, 0.05) is 6.54 Å². The Labute approximate surface area is 61.1 Å². The average Bonchev–Trinajstić information content (AvgIpc) is 1.99. The van der Waals surface area contributed by atoms with Crippen LogP contribution < -0.4 is 11.5 Å². The van der Waals surface area contributed by atoms with Gasteiger partial charge < -0.3 is 11.5 Å². The van der Waals surface area contributed by atoms with Crippen LogP contribution in [0.2, 0.25) is 0 Å². The van der Waals surface area contributed by atoms with E-state index in [1.807, 2.05) is 6.92 Å². The zero-order valence-electron chi connectivity index (χ0n) is 6.31. The van der Waals surface area contributed by atoms with Crippen LogP contribution in [0.3, 0.4) is 0 Å². The molecule has 0 aliphatic carbocycles. The van der Waals surface area contributed by atoms with Gasteiger partial charge >= 0.3 is 0 Å². The van der Waals surface area contributed by atoms with Crippen molar-refractivity contribution in [1.29, 1.82) is 0 Å². The van der Waals surface area contributed by atoms with Crippen molar-refractivity contribution in [2.75, 3.05) is 13.2 Å². The van der Waals surface area contributed by atoms with Crippen LogP contribution in [0.25, 0.3) is 0 Å². The standard InChI is InChI=1S/C7H15FN2/c1-2-6(3-4-9)7(10)5-8/h3,7H,2,4-5,9-10H2,1H3/b6-3+. The molecule has 0 radical (unpaired) electrons. The van der Waals surface area contributed by atoms with Gasteiger partial charge in [0.05, 0.1) is 6.04 Å². The van der Waals surface area contributed by atoms with E-state index in [0.717, 1.165) is 12.0 Å². The molecule has 2 nitrogen and oxygen atoms in total. The molecule has 1 atom stereocenters. The minimum atomic E-state index is -0.500. The molecule has 0 fully saturated rings. The maximum Gasteiger partial charge on any atom is 0.108 e. The third-order valence-electron chi connectivity index (χ3n) is 1.43. The monoisotopic (exact) mass is 146 g/mol. The first-order valence-corrected chi connectivity index (χ1v) is 3.46. The Balaban J connectivity index is 3.92. The largest absolute Gasteiger partial charge is 0.327 e. The average molecular weight is 146 g/mol. The van der Waals surface area contributed by atoms with Crippen LogP contribution in [0.4, 0.5) is 4.39 Å². The summed E-state index contributed by atoms with van der Waals surface area (Å²) in [5, 5.41) is 0. The summed E-state index contributed by atoms with van der Waals surface area (Å²) in [6, 6.07) is -0.450. The quantitative estimate of drug-likeness (QED) is 0.570. The van der Waals surface area contributed by atoms with Crippen molar-refractivity contribution in [1.82, 2.24) is 0 Å². The van der Waals surface area contributed by atoms with Crippen molar-refractivity contribution in [3.8, 4) is 0 Å². The molecule has 0 saturated heterocycles. The summed E-state index contributed by atoms with van der Waals surface area (Å²) in [5.74, 6) is 0. The first-order valence-electron chi connectivity index (χ1n) is 3.46. The van der Waals surface area contributed by atoms with Gasteiger partial charge in [0.1, 0.15) is 6.67 Å². The van der Waals surface area contributed by atoms with Gasteiger partial charge in [-0.25, -0.2) is 4.39 Å². The summed E-state index contributed by atoms with van der Waals surface area (Å²) in [4.78, 5) is 0. The molecule has 0 aromatic carbocycles. The molecule has 3 heteroatoms. The second kappa shape index (κ2) is 5.38. The van der Waals surface area contributed by atoms with E-state index in [0.29, 0.717) is 6.54 Å². The first kappa shape index (κ1) is 9.59. The van der Waals surface area contributed by atoms with E-state index < -0.39 is 12.7 Å². The van der Waals surface area contributed by atoms with Crippen molar-refractivity contribution in [2.24, 2.45) is 11.5 Å². The molecule has 0 heterocycles. The van der Waals surface area contributed by atoms with Crippen LogP contribution in [0, 0.1) is 0 Å². The van der Waals surface area contributed by atoms with Gasteiger partial charge in [-0.1, -0.05) is 18.6 Å². The van der Waals surface area contributed by atoms with E-state index in [1.54, 1.807) is 6.08 Å². The van der Waals surface area contributed by atoms with Gasteiger partial charge in [0.25, 0.3) is 0 Å². The van der Waals surface area contributed by atoms with Gasteiger partial charge in [-0.3, -0.25) is 0 Å². The van der Waals surface area contributed by atoms with Crippen LogP contribution >= 0.6 is 0 Å². The fourth-order valence-electron chi connectivity index (χ4n) is 0.808. The molecule has 0 amide bonds.